The van der Waals surface area contributed by atoms with E-state index in [4.69, 9.17) is 4.74 Å². The van der Waals surface area contributed by atoms with Crippen LogP contribution < -0.4 is 10.5 Å². The fourth-order valence-electron chi connectivity index (χ4n) is 3.48. The molecule has 7 heteroatoms. The second-order valence-electron chi connectivity index (χ2n) is 7.57. The van der Waals surface area contributed by atoms with Gasteiger partial charge in [-0.15, -0.1) is 0 Å². The van der Waals surface area contributed by atoms with Gasteiger partial charge in [-0.2, -0.15) is 0 Å². The summed E-state index contributed by atoms with van der Waals surface area (Å²) in [6.07, 6.45) is 1.23. The monoisotopic (exact) mass is 434 g/mol. The minimum absolute atomic E-state index is 0.0590. The highest BCUT2D eigenvalue weighted by atomic mass is 16.5. The molecule has 3 rings (SSSR count). The van der Waals surface area contributed by atoms with E-state index in [1.165, 1.54) is 11.6 Å². The van der Waals surface area contributed by atoms with Gasteiger partial charge in [0.2, 0.25) is 0 Å². The number of aromatic nitrogens is 1. The van der Waals surface area contributed by atoms with Gasteiger partial charge in [0.25, 0.3) is 5.56 Å². The van der Waals surface area contributed by atoms with Crippen molar-refractivity contribution in [2.75, 3.05) is 25.6 Å². The number of rotatable bonds is 7. The molecule has 2 aromatic carbocycles. The van der Waals surface area contributed by atoms with Crippen LogP contribution in [0.15, 0.2) is 58.9 Å². The molecule has 1 aromatic heterocycles. The van der Waals surface area contributed by atoms with Crippen LogP contribution in [0.4, 0.5) is 5.69 Å². The average Bonchev–Trinajstić information content (AvgIpc) is 2.77. The maximum absolute atomic E-state index is 13.4. The van der Waals surface area contributed by atoms with Crippen LogP contribution in [0.25, 0.3) is 17.0 Å². The zero-order valence-electron chi connectivity index (χ0n) is 18.6. The number of aryl methyl sites for hydroxylation is 1. The number of carbonyl (C=O) groups excluding carboxylic acids is 2. The molecule has 0 unspecified atom stereocenters. The van der Waals surface area contributed by atoms with Gasteiger partial charge >= 0.3 is 5.97 Å². The van der Waals surface area contributed by atoms with Crippen molar-refractivity contribution in [2.45, 2.75) is 13.3 Å². The van der Waals surface area contributed by atoms with Crippen molar-refractivity contribution < 1.29 is 19.4 Å². The van der Waals surface area contributed by atoms with E-state index in [2.05, 4.69) is 0 Å². The molecule has 0 aliphatic rings. The van der Waals surface area contributed by atoms with Gasteiger partial charge < -0.3 is 19.3 Å². The van der Waals surface area contributed by atoms with Crippen LogP contribution in [0.3, 0.4) is 0 Å². The first-order chi connectivity index (χ1) is 15.2. The summed E-state index contributed by atoms with van der Waals surface area (Å²) in [5.41, 5.74) is 1.21. The summed E-state index contributed by atoms with van der Waals surface area (Å²) in [6, 6.07) is 14.2. The van der Waals surface area contributed by atoms with E-state index in [1.807, 2.05) is 43.3 Å². The Morgan fingerprint density at radius 2 is 1.75 bits per heavy atom. The number of carbonyl (C=O) groups is 2. The Labute approximate surface area is 186 Å². The number of ketones is 1. The summed E-state index contributed by atoms with van der Waals surface area (Å²) in [7, 11) is 5.37. The predicted octanol–water partition coefficient (Wildman–Crippen LogP) is 3.53. The minimum atomic E-state index is -0.710. The van der Waals surface area contributed by atoms with E-state index in [9.17, 15) is 19.5 Å². The SMILES string of the molecule is CCOC(=O)C/C(=C/c1ccc(N(C)C)cc1)C(=O)c1c(O)c2ccccc2n(C)c1=O. The van der Waals surface area contributed by atoms with Gasteiger partial charge in [-0.25, -0.2) is 0 Å². The standard InChI is InChI=1S/C25H26N2O5/c1-5-32-21(28)15-17(14-16-10-12-18(13-11-16)26(2)3)23(29)22-24(30)19-8-6-7-9-20(19)27(4)25(22)31/h6-14,30H,5,15H2,1-4H3/b17-14-. The van der Waals surface area contributed by atoms with E-state index in [0.29, 0.717) is 16.5 Å². The molecule has 32 heavy (non-hydrogen) atoms. The zero-order chi connectivity index (χ0) is 23.4. The average molecular weight is 434 g/mol. The van der Waals surface area contributed by atoms with E-state index in [0.717, 1.165) is 5.69 Å². The number of hydrogen-bond acceptors (Lipinski definition) is 6. The quantitative estimate of drug-likeness (QED) is 0.348. The van der Waals surface area contributed by atoms with Crippen LogP contribution in [0.5, 0.6) is 5.75 Å². The largest absolute Gasteiger partial charge is 0.506 e. The number of hydrogen-bond donors (Lipinski definition) is 1. The van der Waals surface area contributed by atoms with Crippen LogP contribution in [0, 0.1) is 0 Å². The number of aromatic hydroxyl groups is 1. The molecule has 0 spiro atoms. The van der Waals surface area contributed by atoms with Gasteiger partial charge in [-0.3, -0.25) is 14.4 Å². The first-order valence-electron chi connectivity index (χ1n) is 10.2. The van der Waals surface area contributed by atoms with Gasteiger partial charge in [0, 0.05) is 37.8 Å². The minimum Gasteiger partial charge on any atom is -0.506 e. The van der Waals surface area contributed by atoms with Crippen molar-refractivity contribution in [1.29, 1.82) is 0 Å². The van der Waals surface area contributed by atoms with E-state index < -0.39 is 23.1 Å². The van der Waals surface area contributed by atoms with Gasteiger partial charge in [0.1, 0.15) is 11.3 Å². The summed E-state index contributed by atoms with van der Waals surface area (Å²) >= 11 is 0. The van der Waals surface area contributed by atoms with Gasteiger partial charge in [-0.05, 0) is 42.8 Å². The topological polar surface area (TPSA) is 88.8 Å². The molecular weight excluding hydrogens is 408 g/mol. The second-order valence-corrected chi connectivity index (χ2v) is 7.57. The summed E-state index contributed by atoms with van der Waals surface area (Å²) in [6.45, 7) is 1.84. The number of esters is 1. The lowest BCUT2D eigenvalue weighted by Gasteiger charge is -2.14. The highest BCUT2D eigenvalue weighted by Gasteiger charge is 2.25. The van der Waals surface area contributed by atoms with Crippen LogP contribution >= 0.6 is 0 Å². The van der Waals surface area contributed by atoms with Crippen molar-refractivity contribution in [3.05, 3.63) is 75.6 Å². The molecule has 0 radical (unpaired) electrons. The number of ether oxygens (including phenoxy) is 1. The molecule has 1 N–H and O–H groups in total. The normalized spacial score (nSPS) is 11.4. The third kappa shape index (κ3) is 4.56. The van der Waals surface area contributed by atoms with Crippen LogP contribution in [0.2, 0.25) is 0 Å². The molecule has 1 heterocycles. The Balaban J connectivity index is 2.14. The molecule has 0 amide bonds. The van der Waals surface area contributed by atoms with Gasteiger partial charge in [0.15, 0.2) is 5.78 Å². The van der Waals surface area contributed by atoms with Gasteiger partial charge in [-0.1, -0.05) is 24.3 Å². The Morgan fingerprint density at radius 1 is 1.09 bits per heavy atom. The van der Waals surface area contributed by atoms with E-state index in [1.54, 1.807) is 37.3 Å². The van der Waals surface area contributed by atoms with Crippen LogP contribution in [-0.4, -0.2) is 42.1 Å². The maximum atomic E-state index is 13.4. The summed E-state index contributed by atoms with van der Waals surface area (Å²) in [5.74, 6) is -1.70. The van der Waals surface area contributed by atoms with Crippen molar-refractivity contribution >= 4 is 34.4 Å². The van der Waals surface area contributed by atoms with Crippen molar-refractivity contribution in [3.8, 4) is 5.75 Å². The third-order valence-corrected chi connectivity index (χ3v) is 5.19. The molecule has 0 fully saturated rings. The Morgan fingerprint density at radius 3 is 2.38 bits per heavy atom. The number of fused-ring (bicyclic) bond motifs is 1. The lowest BCUT2D eigenvalue weighted by molar-refractivity contribution is -0.142. The number of pyridine rings is 1. The molecule has 0 saturated heterocycles. The number of anilines is 1. The lowest BCUT2D eigenvalue weighted by atomic mass is 9.97. The molecule has 3 aromatic rings. The highest BCUT2D eigenvalue weighted by Crippen LogP contribution is 2.28. The Bertz CT molecular complexity index is 1250. The fraction of sp³-hybridized carbons (Fsp3) is 0.240. The van der Waals surface area contributed by atoms with Crippen molar-refractivity contribution in [3.63, 3.8) is 0 Å². The Kier molecular flexibility index (Phi) is 6.78. The number of nitrogens with zero attached hydrogens (tertiary/aromatic N) is 2. The molecule has 7 nitrogen and oxygen atoms in total. The molecule has 0 saturated carbocycles. The van der Waals surface area contributed by atoms with Gasteiger partial charge in [0.05, 0.1) is 18.5 Å². The van der Waals surface area contributed by atoms with Crippen molar-refractivity contribution in [2.24, 2.45) is 7.05 Å². The molecule has 0 aliphatic heterocycles. The van der Waals surface area contributed by atoms with Crippen LogP contribution in [-0.2, 0) is 16.6 Å². The van der Waals surface area contributed by atoms with Crippen molar-refractivity contribution in [1.82, 2.24) is 4.57 Å². The summed E-state index contributed by atoms with van der Waals surface area (Å²) < 4.78 is 6.33. The predicted molar refractivity (Wildman–Crippen MR) is 125 cm³/mol. The zero-order valence-corrected chi connectivity index (χ0v) is 18.6. The highest BCUT2D eigenvalue weighted by molar-refractivity contribution is 6.16. The maximum Gasteiger partial charge on any atom is 0.310 e. The van der Waals surface area contributed by atoms with E-state index in [-0.39, 0.29) is 24.2 Å². The van der Waals surface area contributed by atoms with E-state index >= 15 is 0 Å². The van der Waals surface area contributed by atoms with Crippen LogP contribution in [0.1, 0.15) is 29.3 Å². The number of Topliss-reactive ketones (excluding diaryl/α,β-unsaturated/α-hetero) is 1. The lowest BCUT2D eigenvalue weighted by Crippen LogP contribution is -2.26. The molecule has 0 aliphatic carbocycles. The fourth-order valence-corrected chi connectivity index (χ4v) is 3.48. The second kappa shape index (κ2) is 9.51. The molecule has 166 valence electrons. The first-order valence-corrected chi connectivity index (χ1v) is 10.2. The first kappa shape index (κ1) is 22.8. The molecular formula is C25H26N2O5. The molecule has 0 atom stereocenters. The number of benzene rings is 2. The molecule has 0 bridgehead atoms. The summed E-state index contributed by atoms with van der Waals surface area (Å²) in [4.78, 5) is 40.6. The summed E-state index contributed by atoms with van der Waals surface area (Å²) in [5, 5.41) is 11.2. The third-order valence-electron chi connectivity index (χ3n) is 5.19. The smallest absolute Gasteiger partial charge is 0.310 e. The Hall–Kier alpha value is -3.87. The number of para-hydroxylation sites is 1.